The van der Waals surface area contributed by atoms with Crippen molar-refractivity contribution >= 4 is 17.7 Å². The van der Waals surface area contributed by atoms with Crippen LogP contribution < -0.4 is 10.2 Å². The first kappa shape index (κ1) is 21.3. The molecule has 1 N–H and O–H groups in total. The van der Waals surface area contributed by atoms with E-state index in [2.05, 4.69) is 25.7 Å². The topological polar surface area (TPSA) is 115 Å². The maximum Gasteiger partial charge on any atom is 0.414 e. The molecule has 166 valence electrons. The number of tetrazole rings is 1. The quantitative estimate of drug-likeness (QED) is 0.601. The van der Waals surface area contributed by atoms with Gasteiger partial charge in [0.05, 0.1) is 25.3 Å². The molecule has 3 heterocycles. The van der Waals surface area contributed by atoms with Gasteiger partial charge in [-0.05, 0) is 35.9 Å². The Morgan fingerprint density at radius 1 is 1.31 bits per heavy atom. The number of halogens is 1. The van der Waals surface area contributed by atoms with Crippen LogP contribution in [0.2, 0.25) is 0 Å². The molecule has 1 saturated heterocycles. The smallest absolute Gasteiger partial charge is 0.414 e. The van der Waals surface area contributed by atoms with Crippen molar-refractivity contribution in [1.29, 1.82) is 0 Å². The highest BCUT2D eigenvalue weighted by Crippen LogP contribution is 2.29. The SMILES string of the molecule is CCCn1nnc(-c2ccc(-c3ccc(N4C[C@H](CNC(C)=O)OC4=O)cc3F)cn2)n1. The third-order valence-corrected chi connectivity index (χ3v) is 4.90. The van der Waals surface area contributed by atoms with Crippen molar-refractivity contribution in [3.05, 3.63) is 42.3 Å². The molecule has 0 bridgehead atoms. The molecule has 3 aromatic rings. The van der Waals surface area contributed by atoms with Crippen molar-refractivity contribution in [2.24, 2.45) is 0 Å². The zero-order valence-electron chi connectivity index (χ0n) is 17.7. The third kappa shape index (κ3) is 4.56. The number of cyclic esters (lactones) is 1. The van der Waals surface area contributed by atoms with E-state index in [1.54, 1.807) is 30.5 Å². The van der Waals surface area contributed by atoms with Gasteiger partial charge >= 0.3 is 6.09 Å². The molecule has 0 saturated carbocycles. The summed E-state index contributed by atoms with van der Waals surface area (Å²) in [6.07, 6.45) is 1.36. The van der Waals surface area contributed by atoms with Gasteiger partial charge in [-0.15, -0.1) is 10.2 Å². The summed E-state index contributed by atoms with van der Waals surface area (Å²) in [6, 6.07) is 7.95. The number of hydrogen-bond acceptors (Lipinski definition) is 7. The zero-order chi connectivity index (χ0) is 22.7. The summed E-state index contributed by atoms with van der Waals surface area (Å²) in [4.78, 5) is 30.4. The van der Waals surface area contributed by atoms with Crippen LogP contribution in [0.1, 0.15) is 20.3 Å². The maximum absolute atomic E-state index is 14.9. The average Bonchev–Trinajstić information content (AvgIpc) is 3.39. The van der Waals surface area contributed by atoms with Gasteiger partial charge in [0.25, 0.3) is 0 Å². The second kappa shape index (κ2) is 9.08. The van der Waals surface area contributed by atoms with Crippen molar-refractivity contribution < 1.29 is 18.7 Å². The Morgan fingerprint density at radius 2 is 2.16 bits per heavy atom. The molecule has 0 radical (unpaired) electrons. The number of nitrogens with one attached hydrogen (secondary N) is 1. The first-order chi connectivity index (χ1) is 15.4. The van der Waals surface area contributed by atoms with Crippen LogP contribution in [-0.2, 0) is 16.1 Å². The van der Waals surface area contributed by atoms with E-state index in [1.165, 1.54) is 22.7 Å². The van der Waals surface area contributed by atoms with Crippen molar-refractivity contribution in [2.45, 2.75) is 32.9 Å². The first-order valence-electron chi connectivity index (χ1n) is 10.2. The van der Waals surface area contributed by atoms with E-state index in [9.17, 15) is 14.0 Å². The van der Waals surface area contributed by atoms with Crippen LogP contribution in [-0.4, -0.2) is 56.4 Å². The Balaban J connectivity index is 1.48. The summed E-state index contributed by atoms with van der Waals surface area (Å²) >= 11 is 0. The number of aryl methyl sites for hydroxylation is 1. The minimum absolute atomic E-state index is 0.206. The summed E-state index contributed by atoms with van der Waals surface area (Å²) in [5, 5.41) is 14.8. The molecule has 11 heteroatoms. The molecule has 32 heavy (non-hydrogen) atoms. The monoisotopic (exact) mass is 439 g/mol. The molecule has 10 nitrogen and oxygen atoms in total. The fraction of sp³-hybridized carbons (Fsp3) is 0.333. The number of aromatic nitrogens is 5. The van der Waals surface area contributed by atoms with Crippen molar-refractivity contribution in [2.75, 3.05) is 18.0 Å². The van der Waals surface area contributed by atoms with Crippen LogP contribution in [0, 0.1) is 5.82 Å². The number of rotatable bonds is 7. The lowest BCUT2D eigenvalue weighted by Crippen LogP contribution is -2.33. The Kier molecular flexibility index (Phi) is 6.06. The number of anilines is 1. The number of amides is 2. The molecule has 1 atom stereocenters. The molecular formula is C21H22FN7O3. The van der Waals surface area contributed by atoms with E-state index in [-0.39, 0.29) is 19.0 Å². The van der Waals surface area contributed by atoms with Crippen molar-refractivity contribution in [3.8, 4) is 22.6 Å². The Hall–Kier alpha value is -3.89. The number of hydrogen-bond donors (Lipinski definition) is 1. The Bertz CT molecular complexity index is 1130. The highest BCUT2D eigenvalue weighted by molar-refractivity contribution is 5.90. The fourth-order valence-electron chi connectivity index (χ4n) is 3.33. The highest BCUT2D eigenvalue weighted by atomic mass is 19.1. The van der Waals surface area contributed by atoms with E-state index in [0.29, 0.717) is 34.9 Å². The number of ether oxygens (including phenoxy) is 1. The van der Waals surface area contributed by atoms with E-state index < -0.39 is 18.0 Å². The van der Waals surface area contributed by atoms with Crippen LogP contribution >= 0.6 is 0 Å². The lowest BCUT2D eigenvalue weighted by Gasteiger charge is -2.14. The van der Waals surface area contributed by atoms with Gasteiger partial charge < -0.3 is 10.1 Å². The van der Waals surface area contributed by atoms with Gasteiger partial charge in [-0.25, -0.2) is 9.18 Å². The molecule has 0 aliphatic carbocycles. The first-order valence-corrected chi connectivity index (χ1v) is 10.2. The highest BCUT2D eigenvalue weighted by Gasteiger charge is 2.32. The maximum atomic E-state index is 14.9. The minimum Gasteiger partial charge on any atom is -0.442 e. The van der Waals surface area contributed by atoms with Crippen LogP contribution in [0.15, 0.2) is 36.5 Å². The van der Waals surface area contributed by atoms with Crippen LogP contribution in [0.25, 0.3) is 22.6 Å². The molecule has 4 rings (SSSR count). The standard InChI is InChI=1S/C21H22FN7O3/c1-3-8-29-26-20(25-27-29)19-7-4-14(10-24-19)17-6-5-15(9-18(17)22)28-12-16(32-21(28)31)11-23-13(2)30/h4-7,9-10,16H,3,8,11-12H2,1-2H3,(H,23,30)/t16-/m0/s1. The van der Waals surface area contributed by atoms with E-state index in [4.69, 9.17) is 4.74 Å². The zero-order valence-corrected chi connectivity index (χ0v) is 17.7. The van der Waals surface area contributed by atoms with E-state index in [0.717, 1.165) is 6.42 Å². The van der Waals surface area contributed by atoms with Gasteiger partial charge in [-0.2, -0.15) is 4.80 Å². The predicted molar refractivity (Wildman–Crippen MR) is 113 cm³/mol. The summed E-state index contributed by atoms with van der Waals surface area (Å²) in [7, 11) is 0. The van der Waals surface area contributed by atoms with E-state index in [1.807, 2.05) is 6.92 Å². The van der Waals surface area contributed by atoms with Crippen molar-refractivity contribution in [1.82, 2.24) is 30.5 Å². The number of benzene rings is 1. The number of carbonyl (C=O) groups excluding carboxylic acids is 2. The summed E-state index contributed by atoms with van der Waals surface area (Å²) in [6.45, 7) is 4.50. The van der Waals surface area contributed by atoms with Crippen LogP contribution in [0.4, 0.5) is 14.9 Å². The molecule has 1 aromatic carbocycles. The lowest BCUT2D eigenvalue weighted by atomic mass is 10.1. The molecule has 1 fully saturated rings. The fourth-order valence-corrected chi connectivity index (χ4v) is 3.33. The van der Waals surface area contributed by atoms with Crippen LogP contribution in [0.3, 0.4) is 0 Å². The predicted octanol–water partition coefficient (Wildman–Crippen LogP) is 2.41. The average molecular weight is 439 g/mol. The minimum atomic E-state index is -0.581. The van der Waals surface area contributed by atoms with E-state index >= 15 is 0 Å². The summed E-state index contributed by atoms with van der Waals surface area (Å²) < 4.78 is 20.1. The molecule has 2 amide bonds. The number of pyridine rings is 1. The van der Waals surface area contributed by atoms with Crippen molar-refractivity contribution in [3.63, 3.8) is 0 Å². The normalized spacial score (nSPS) is 15.7. The largest absolute Gasteiger partial charge is 0.442 e. The molecule has 2 aromatic heterocycles. The van der Waals surface area contributed by atoms with Gasteiger partial charge in [-0.1, -0.05) is 13.0 Å². The summed E-state index contributed by atoms with van der Waals surface area (Å²) in [5.41, 5.74) is 1.84. The van der Waals surface area contributed by atoms with Gasteiger partial charge in [-0.3, -0.25) is 14.7 Å². The van der Waals surface area contributed by atoms with Crippen LogP contribution in [0.5, 0.6) is 0 Å². The second-order valence-corrected chi connectivity index (χ2v) is 7.36. The summed E-state index contributed by atoms with van der Waals surface area (Å²) in [5.74, 6) is -0.305. The molecule has 1 aliphatic rings. The number of nitrogens with zero attached hydrogens (tertiary/aromatic N) is 6. The third-order valence-electron chi connectivity index (χ3n) is 4.90. The van der Waals surface area contributed by atoms with Gasteiger partial charge in [0, 0.05) is 24.2 Å². The Morgan fingerprint density at radius 3 is 2.84 bits per heavy atom. The molecule has 0 spiro atoms. The lowest BCUT2D eigenvalue weighted by molar-refractivity contribution is -0.119. The number of carbonyl (C=O) groups is 2. The molecular weight excluding hydrogens is 417 g/mol. The van der Waals surface area contributed by atoms with Gasteiger partial charge in [0.2, 0.25) is 11.7 Å². The second-order valence-electron chi connectivity index (χ2n) is 7.36. The van der Waals surface area contributed by atoms with Gasteiger partial charge in [0.1, 0.15) is 17.6 Å². The van der Waals surface area contributed by atoms with Gasteiger partial charge in [0.15, 0.2) is 0 Å². The molecule has 0 unspecified atom stereocenters. The Labute approximate surface area is 183 Å². The molecule has 1 aliphatic heterocycles.